The highest BCUT2D eigenvalue weighted by molar-refractivity contribution is 7.59. The van der Waals surface area contributed by atoms with Gasteiger partial charge in [-0.3, -0.25) is 4.79 Å². The maximum Gasteiger partial charge on any atom is 0.249 e. The lowest BCUT2D eigenvalue weighted by Crippen LogP contribution is -2.49. The van der Waals surface area contributed by atoms with Crippen LogP contribution in [0.4, 0.5) is 30.6 Å². The summed E-state index contributed by atoms with van der Waals surface area (Å²) in [4.78, 5) is 24.4. The number of hydrogen-bond donors (Lipinski definition) is 1. The number of carbonyl (C=O) groups is 1. The van der Waals surface area contributed by atoms with Gasteiger partial charge in [0.2, 0.25) is 11.9 Å². The van der Waals surface area contributed by atoms with Crippen molar-refractivity contribution in [1.29, 1.82) is 0 Å². The van der Waals surface area contributed by atoms with Crippen molar-refractivity contribution in [2.45, 2.75) is 46.8 Å². The van der Waals surface area contributed by atoms with E-state index in [0.717, 1.165) is 12.1 Å². The second kappa shape index (κ2) is 11.0. The number of halogens is 3. The minimum Gasteiger partial charge on any atom is -0.490 e. The quantitative estimate of drug-likeness (QED) is 0.633. The summed E-state index contributed by atoms with van der Waals surface area (Å²) in [5.41, 5.74) is 0.655. The summed E-state index contributed by atoms with van der Waals surface area (Å²) in [6.45, 7) is 2.43. The van der Waals surface area contributed by atoms with Gasteiger partial charge in [0, 0.05) is 32.8 Å². The minimum absolute atomic E-state index is 0. The fourth-order valence-electron chi connectivity index (χ4n) is 3.66. The number of benzene rings is 1. The second-order valence-electron chi connectivity index (χ2n) is 7.75. The van der Waals surface area contributed by atoms with Crippen LogP contribution in [0.3, 0.4) is 0 Å². The van der Waals surface area contributed by atoms with Crippen molar-refractivity contribution < 1.29 is 22.7 Å². The molecule has 1 fully saturated rings. The minimum atomic E-state index is -1.50. The maximum absolute atomic E-state index is 13.3. The summed E-state index contributed by atoms with van der Waals surface area (Å²) < 4.78 is 45.1. The zero-order valence-electron chi connectivity index (χ0n) is 17.3. The SMILES string of the molecule is C.C.C[C@H]1C(=O)N(C)c2cnc(NCC3CC(Oc4cc(F)c(F)c(F)c4)C3)nc2N1C.S. The number of rotatable bonds is 5. The average molecular weight is 488 g/mol. The smallest absolute Gasteiger partial charge is 0.249 e. The number of nitrogens with zero attached hydrogens (tertiary/aromatic N) is 4. The van der Waals surface area contributed by atoms with Crippen LogP contribution in [0, 0.1) is 23.4 Å². The third-order valence-electron chi connectivity index (χ3n) is 5.72. The highest BCUT2D eigenvalue weighted by atomic mass is 32.1. The standard InChI is InChI=1S/C20H22F3N5O2.2CH4.H2S/c1-10-19(29)28(3)16-9-25-20(26-18(16)27(10)2)24-8-11-4-12(5-11)30-13-6-14(21)17(23)15(22)7-13;;;/h6-7,9-12H,4-5,8H2,1-3H3,(H,24,25,26);2*1H4;1H2/t10-,11?,12?;;;/m0.../s1. The molecule has 4 rings (SSSR count). The number of hydrogen-bond acceptors (Lipinski definition) is 6. The number of amides is 1. The van der Waals surface area contributed by atoms with Crippen molar-refractivity contribution in [2.75, 3.05) is 35.8 Å². The zero-order valence-corrected chi connectivity index (χ0v) is 18.3. The number of nitrogens with one attached hydrogen (secondary N) is 1. The van der Waals surface area contributed by atoms with E-state index in [1.54, 1.807) is 18.1 Å². The van der Waals surface area contributed by atoms with Crippen molar-refractivity contribution in [3.63, 3.8) is 0 Å². The van der Waals surface area contributed by atoms with E-state index in [4.69, 9.17) is 4.74 Å². The van der Waals surface area contributed by atoms with E-state index in [2.05, 4.69) is 15.3 Å². The second-order valence-corrected chi connectivity index (χ2v) is 7.75. The molecule has 1 N–H and O–H groups in total. The fraction of sp³-hybridized carbons (Fsp3) is 0.500. The molecule has 1 aliphatic carbocycles. The van der Waals surface area contributed by atoms with Gasteiger partial charge in [-0.25, -0.2) is 18.2 Å². The van der Waals surface area contributed by atoms with Crippen LogP contribution >= 0.6 is 13.5 Å². The molecule has 0 spiro atoms. The number of ether oxygens (including phenoxy) is 1. The molecule has 1 aromatic carbocycles. The molecule has 184 valence electrons. The molecule has 0 bridgehead atoms. The summed E-state index contributed by atoms with van der Waals surface area (Å²) >= 11 is 0. The van der Waals surface area contributed by atoms with Crippen LogP contribution < -0.4 is 19.9 Å². The van der Waals surface area contributed by atoms with E-state index >= 15 is 0 Å². The van der Waals surface area contributed by atoms with Gasteiger partial charge in [-0.15, -0.1) is 0 Å². The van der Waals surface area contributed by atoms with Crippen LogP contribution in [0.1, 0.15) is 34.6 Å². The Balaban J connectivity index is 0.00000181. The van der Waals surface area contributed by atoms with Gasteiger partial charge >= 0.3 is 0 Å². The van der Waals surface area contributed by atoms with Crippen molar-refractivity contribution in [3.8, 4) is 5.75 Å². The lowest BCUT2D eigenvalue weighted by Gasteiger charge is -2.37. The number of anilines is 3. The molecule has 1 aromatic heterocycles. The van der Waals surface area contributed by atoms with E-state index in [1.165, 1.54) is 0 Å². The van der Waals surface area contributed by atoms with E-state index in [9.17, 15) is 18.0 Å². The number of carbonyl (C=O) groups excluding carboxylic acids is 1. The molecule has 11 heteroatoms. The monoisotopic (exact) mass is 487 g/mol. The van der Waals surface area contributed by atoms with Gasteiger partial charge in [-0.1, -0.05) is 14.9 Å². The van der Waals surface area contributed by atoms with Crippen LogP contribution in [0.15, 0.2) is 18.3 Å². The van der Waals surface area contributed by atoms with Crippen LogP contribution in [-0.4, -0.2) is 48.7 Å². The molecule has 2 aliphatic rings. The third kappa shape index (κ3) is 5.45. The van der Waals surface area contributed by atoms with Crippen LogP contribution in [-0.2, 0) is 4.79 Å². The van der Waals surface area contributed by atoms with Crippen LogP contribution in [0.5, 0.6) is 5.75 Å². The first-order valence-electron chi connectivity index (χ1n) is 9.67. The molecular formula is C22H32F3N5O2S. The molecule has 2 aromatic rings. The van der Waals surface area contributed by atoms with Crippen molar-refractivity contribution >= 4 is 36.9 Å². The zero-order chi connectivity index (χ0) is 21.6. The summed E-state index contributed by atoms with van der Waals surface area (Å²) in [5, 5.41) is 3.19. The molecule has 0 unspecified atom stereocenters. The van der Waals surface area contributed by atoms with E-state index < -0.39 is 17.5 Å². The first-order chi connectivity index (χ1) is 14.2. The lowest BCUT2D eigenvalue weighted by molar-refractivity contribution is -0.119. The number of aromatic nitrogens is 2. The van der Waals surface area contributed by atoms with Gasteiger partial charge in [0.05, 0.1) is 12.3 Å². The topological polar surface area (TPSA) is 70.6 Å². The highest BCUT2D eigenvalue weighted by Gasteiger charge is 2.34. The normalized spacial score (nSPS) is 21.0. The summed E-state index contributed by atoms with van der Waals surface area (Å²) in [5.74, 6) is -2.64. The average Bonchev–Trinajstić information content (AvgIpc) is 2.70. The molecular weight excluding hydrogens is 455 g/mol. The van der Waals surface area contributed by atoms with E-state index in [1.807, 2.05) is 18.9 Å². The Morgan fingerprint density at radius 3 is 2.36 bits per heavy atom. The van der Waals surface area contributed by atoms with E-state index in [0.29, 0.717) is 36.8 Å². The first kappa shape index (κ1) is 28.3. The molecule has 1 amide bonds. The Bertz CT molecular complexity index is 967. The molecule has 2 heterocycles. The maximum atomic E-state index is 13.3. The van der Waals surface area contributed by atoms with Gasteiger partial charge < -0.3 is 19.9 Å². The molecule has 0 radical (unpaired) electrons. The Morgan fingerprint density at radius 1 is 1.15 bits per heavy atom. The molecule has 33 heavy (non-hydrogen) atoms. The van der Waals surface area contributed by atoms with Gasteiger partial charge in [-0.2, -0.15) is 18.5 Å². The summed E-state index contributed by atoms with van der Waals surface area (Å²) in [6.07, 6.45) is 2.81. The van der Waals surface area contributed by atoms with E-state index in [-0.39, 0.29) is 58.1 Å². The Hall–Kier alpha value is -2.69. The summed E-state index contributed by atoms with van der Waals surface area (Å²) in [6, 6.07) is 1.39. The van der Waals surface area contributed by atoms with Gasteiger partial charge in [0.1, 0.15) is 17.5 Å². The largest absolute Gasteiger partial charge is 0.490 e. The predicted octanol–water partition coefficient (Wildman–Crippen LogP) is 4.35. The van der Waals surface area contributed by atoms with Crippen molar-refractivity contribution in [1.82, 2.24) is 9.97 Å². The molecule has 1 atom stereocenters. The Morgan fingerprint density at radius 2 is 1.76 bits per heavy atom. The van der Waals surface area contributed by atoms with Gasteiger partial charge in [-0.05, 0) is 25.7 Å². The fourth-order valence-corrected chi connectivity index (χ4v) is 3.66. The first-order valence-corrected chi connectivity index (χ1v) is 9.67. The van der Waals surface area contributed by atoms with Crippen molar-refractivity contribution in [3.05, 3.63) is 35.8 Å². The van der Waals surface area contributed by atoms with Gasteiger partial charge in [0.15, 0.2) is 23.3 Å². The van der Waals surface area contributed by atoms with Crippen LogP contribution in [0.2, 0.25) is 0 Å². The molecule has 7 nitrogen and oxygen atoms in total. The highest BCUT2D eigenvalue weighted by Crippen LogP contribution is 2.34. The Kier molecular flexibility index (Phi) is 9.41. The molecule has 1 saturated carbocycles. The van der Waals surface area contributed by atoms with Gasteiger partial charge in [0.25, 0.3) is 0 Å². The molecule has 0 saturated heterocycles. The van der Waals surface area contributed by atoms with Crippen LogP contribution in [0.25, 0.3) is 0 Å². The Labute approximate surface area is 199 Å². The lowest BCUT2D eigenvalue weighted by atomic mass is 9.82. The third-order valence-corrected chi connectivity index (χ3v) is 5.72. The summed E-state index contributed by atoms with van der Waals surface area (Å²) in [7, 11) is 3.52. The predicted molar refractivity (Wildman–Crippen MR) is 129 cm³/mol. The number of fused-ring (bicyclic) bond motifs is 1. The number of likely N-dealkylation sites (N-methyl/N-ethyl adjacent to an activating group) is 2. The van der Waals surface area contributed by atoms with Crippen molar-refractivity contribution in [2.24, 2.45) is 5.92 Å². The molecule has 1 aliphatic heterocycles.